The summed E-state index contributed by atoms with van der Waals surface area (Å²) in [5.41, 5.74) is 3.15. The summed E-state index contributed by atoms with van der Waals surface area (Å²) in [6.07, 6.45) is 7.58. The van der Waals surface area contributed by atoms with E-state index in [0.29, 0.717) is 5.41 Å². The van der Waals surface area contributed by atoms with Crippen molar-refractivity contribution in [1.82, 2.24) is 5.32 Å². The van der Waals surface area contributed by atoms with Gasteiger partial charge in [-0.3, -0.25) is 0 Å². The Kier molecular flexibility index (Phi) is 8.47. The van der Waals surface area contributed by atoms with Gasteiger partial charge in [0.1, 0.15) is 5.75 Å². The molecule has 0 bridgehead atoms. The molecule has 3 heteroatoms. The highest BCUT2D eigenvalue weighted by molar-refractivity contribution is 5.85. The van der Waals surface area contributed by atoms with Gasteiger partial charge in [0.15, 0.2) is 0 Å². The molecule has 1 fully saturated rings. The van der Waals surface area contributed by atoms with Crippen molar-refractivity contribution in [3.63, 3.8) is 0 Å². The van der Waals surface area contributed by atoms with Gasteiger partial charge in [0, 0.05) is 18.5 Å². The van der Waals surface area contributed by atoms with Gasteiger partial charge in [-0.1, -0.05) is 68.7 Å². The molecule has 2 nitrogen and oxygen atoms in total. The van der Waals surface area contributed by atoms with Crippen LogP contribution in [0.2, 0.25) is 0 Å². The molecule has 0 heterocycles. The first-order valence-electron chi connectivity index (χ1n) is 9.80. The van der Waals surface area contributed by atoms with E-state index in [2.05, 4.69) is 66.8 Å². The Morgan fingerprint density at radius 2 is 1.65 bits per heavy atom. The Labute approximate surface area is 164 Å². The van der Waals surface area contributed by atoms with Crippen molar-refractivity contribution in [3.8, 4) is 5.75 Å². The average Bonchev–Trinajstić information content (AvgIpc) is 3.14. The summed E-state index contributed by atoms with van der Waals surface area (Å²) in [7, 11) is 0. The molecular formula is C23H32ClNO. The molecule has 1 aliphatic rings. The van der Waals surface area contributed by atoms with Crippen LogP contribution < -0.4 is 10.1 Å². The van der Waals surface area contributed by atoms with Crippen LogP contribution in [-0.2, 0) is 12.0 Å². The Morgan fingerprint density at radius 1 is 0.962 bits per heavy atom. The van der Waals surface area contributed by atoms with E-state index in [1.165, 1.54) is 43.2 Å². The molecule has 0 saturated heterocycles. The SMILES string of the molecule is CCCCOc1ccc(CNCC2(c3ccccc3)CCCC2)cc1.Cl. The lowest BCUT2D eigenvalue weighted by Gasteiger charge is -2.30. The van der Waals surface area contributed by atoms with Crippen LogP contribution in [0.1, 0.15) is 56.6 Å². The zero-order valence-corrected chi connectivity index (χ0v) is 16.7. The summed E-state index contributed by atoms with van der Waals surface area (Å²) in [5, 5.41) is 3.71. The van der Waals surface area contributed by atoms with E-state index in [1.807, 2.05) is 0 Å². The standard InChI is InChI=1S/C23H31NO.ClH/c1-2-3-17-25-22-13-11-20(12-14-22)18-24-19-23(15-7-8-16-23)21-9-5-4-6-10-21;/h4-6,9-14,24H,2-3,7-8,15-19H2,1H3;1H. The normalized spacial score (nSPS) is 15.4. The number of hydrogen-bond acceptors (Lipinski definition) is 2. The van der Waals surface area contributed by atoms with E-state index in [-0.39, 0.29) is 12.4 Å². The van der Waals surface area contributed by atoms with Crippen molar-refractivity contribution in [2.75, 3.05) is 13.2 Å². The molecule has 2 aromatic rings. The minimum absolute atomic E-state index is 0. The van der Waals surface area contributed by atoms with Gasteiger partial charge in [-0.05, 0) is 42.5 Å². The van der Waals surface area contributed by atoms with Crippen molar-refractivity contribution in [3.05, 3.63) is 65.7 Å². The van der Waals surface area contributed by atoms with Crippen molar-refractivity contribution in [2.45, 2.75) is 57.4 Å². The predicted molar refractivity (Wildman–Crippen MR) is 112 cm³/mol. The second kappa shape index (κ2) is 10.6. The summed E-state index contributed by atoms with van der Waals surface area (Å²) in [4.78, 5) is 0. The second-order valence-corrected chi connectivity index (χ2v) is 7.30. The predicted octanol–water partition coefficient (Wildman–Crippen LogP) is 5.89. The van der Waals surface area contributed by atoms with Crippen LogP contribution in [-0.4, -0.2) is 13.2 Å². The Morgan fingerprint density at radius 3 is 2.31 bits per heavy atom. The second-order valence-electron chi connectivity index (χ2n) is 7.30. The Hall–Kier alpha value is -1.51. The number of hydrogen-bond donors (Lipinski definition) is 1. The molecule has 3 rings (SSSR count). The molecule has 0 radical (unpaired) electrons. The molecule has 0 aromatic heterocycles. The van der Waals surface area contributed by atoms with Gasteiger partial charge in [-0.15, -0.1) is 12.4 Å². The smallest absolute Gasteiger partial charge is 0.119 e. The highest BCUT2D eigenvalue weighted by atomic mass is 35.5. The highest BCUT2D eigenvalue weighted by Gasteiger charge is 2.34. The number of ether oxygens (including phenoxy) is 1. The first-order chi connectivity index (χ1) is 12.3. The van der Waals surface area contributed by atoms with Crippen LogP contribution in [0.15, 0.2) is 54.6 Å². The Balaban J connectivity index is 0.00000243. The van der Waals surface area contributed by atoms with Crippen molar-refractivity contribution < 1.29 is 4.74 Å². The molecule has 0 unspecified atom stereocenters. The fourth-order valence-corrected chi connectivity index (χ4v) is 3.89. The molecule has 0 spiro atoms. The van der Waals surface area contributed by atoms with E-state index in [1.54, 1.807) is 0 Å². The van der Waals surface area contributed by atoms with Crippen LogP contribution in [0.25, 0.3) is 0 Å². The minimum atomic E-state index is 0. The van der Waals surface area contributed by atoms with E-state index in [4.69, 9.17) is 4.74 Å². The topological polar surface area (TPSA) is 21.3 Å². The van der Waals surface area contributed by atoms with E-state index in [0.717, 1.165) is 31.9 Å². The molecular weight excluding hydrogens is 342 g/mol. The summed E-state index contributed by atoms with van der Waals surface area (Å²) in [6.45, 7) is 4.98. The van der Waals surface area contributed by atoms with E-state index >= 15 is 0 Å². The number of unbranched alkanes of at least 4 members (excludes halogenated alkanes) is 1. The van der Waals surface area contributed by atoms with Gasteiger partial charge < -0.3 is 10.1 Å². The summed E-state index contributed by atoms with van der Waals surface area (Å²) in [5.74, 6) is 0.980. The van der Waals surface area contributed by atoms with Crippen LogP contribution in [0.5, 0.6) is 5.75 Å². The number of nitrogens with one attached hydrogen (secondary N) is 1. The van der Waals surface area contributed by atoms with Gasteiger partial charge in [-0.2, -0.15) is 0 Å². The van der Waals surface area contributed by atoms with Crippen molar-refractivity contribution in [2.24, 2.45) is 0 Å². The summed E-state index contributed by atoms with van der Waals surface area (Å²) >= 11 is 0. The number of rotatable bonds is 9. The van der Waals surface area contributed by atoms with Crippen molar-refractivity contribution in [1.29, 1.82) is 0 Å². The monoisotopic (exact) mass is 373 g/mol. The molecule has 26 heavy (non-hydrogen) atoms. The van der Waals surface area contributed by atoms with Gasteiger partial charge in [0.25, 0.3) is 0 Å². The van der Waals surface area contributed by atoms with Crippen molar-refractivity contribution >= 4 is 12.4 Å². The Bertz CT molecular complexity index is 620. The third kappa shape index (κ3) is 5.49. The maximum atomic E-state index is 5.74. The third-order valence-electron chi connectivity index (χ3n) is 5.43. The molecule has 0 atom stereocenters. The van der Waals surface area contributed by atoms with Gasteiger partial charge in [-0.25, -0.2) is 0 Å². The zero-order valence-electron chi connectivity index (χ0n) is 15.9. The maximum absolute atomic E-state index is 5.74. The molecule has 1 saturated carbocycles. The number of halogens is 1. The van der Waals surface area contributed by atoms with Gasteiger partial charge in [0.2, 0.25) is 0 Å². The van der Waals surface area contributed by atoms with Crippen LogP contribution in [0.4, 0.5) is 0 Å². The van der Waals surface area contributed by atoms with Gasteiger partial charge in [0.05, 0.1) is 6.61 Å². The van der Waals surface area contributed by atoms with Crippen LogP contribution >= 0.6 is 12.4 Å². The quantitative estimate of drug-likeness (QED) is 0.553. The van der Waals surface area contributed by atoms with Gasteiger partial charge >= 0.3 is 0 Å². The zero-order chi connectivity index (χ0) is 17.4. The highest BCUT2D eigenvalue weighted by Crippen LogP contribution is 2.40. The lowest BCUT2D eigenvalue weighted by Crippen LogP contribution is -2.35. The third-order valence-corrected chi connectivity index (χ3v) is 5.43. The fourth-order valence-electron chi connectivity index (χ4n) is 3.89. The lowest BCUT2D eigenvalue weighted by atomic mass is 9.79. The first-order valence-corrected chi connectivity index (χ1v) is 9.80. The molecule has 142 valence electrons. The molecule has 2 aromatic carbocycles. The molecule has 1 aliphatic carbocycles. The fraction of sp³-hybridized carbons (Fsp3) is 0.478. The maximum Gasteiger partial charge on any atom is 0.119 e. The summed E-state index contributed by atoms with van der Waals surface area (Å²) in [6, 6.07) is 19.6. The van der Waals surface area contributed by atoms with E-state index in [9.17, 15) is 0 Å². The number of benzene rings is 2. The minimum Gasteiger partial charge on any atom is -0.494 e. The molecule has 0 aliphatic heterocycles. The molecule has 1 N–H and O–H groups in total. The average molecular weight is 374 g/mol. The molecule has 0 amide bonds. The summed E-state index contributed by atoms with van der Waals surface area (Å²) < 4.78 is 5.74. The van der Waals surface area contributed by atoms with E-state index < -0.39 is 0 Å². The largest absolute Gasteiger partial charge is 0.494 e. The van der Waals surface area contributed by atoms with Crippen LogP contribution in [0.3, 0.4) is 0 Å². The lowest BCUT2D eigenvalue weighted by molar-refractivity contribution is 0.309. The van der Waals surface area contributed by atoms with Crippen LogP contribution in [0, 0.1) is 0 Å². The first kappa shape index (κ1) is 20.8.